The molecule has 1 aromatic heterocycles. The molecule has 0 aromatic carbocycles. The molecule has 0 bridgehead atoms. The lowest BCUT2D eigenvalue weighted by molar-refractivity contribution is -0.0490. The SMILES string of the molecule is CC(C)C1CC(=O)c2sc([N+]3([O-])CN(C)C(O)C3O)nc2C1. The van der Waals surface area contributed by atoms with Crippen LogP contribution in [0.25, 0.3) is 0 Å². The molecule has 4 atom stereocenters. The summed E-state index contributed by atoms with van der Waals surface area (Å²) in [5, 5.41) is 32.9. The minimum absolute atomic E-state index is 0.0258. The average Bonchev–Trinajstić information content (AvgIpc) is 2.97. The summed E-state index contributed by atoms with van der Waals surface area (Å²) in [5.74, 6) is 0.646. The zero-order chi connectivity index (χ0) is 16.2. The number of aliphatic hydroxyl groups is 2. The summed E-state index contributed by atoms with van der Waals surface area (Å²) in [7, 11) is 1.57. The predicted molar refractivity (Wildman–Crippen MR) is 82.9 cm³/mol. The highest BCUT2D eigenvalue weighted by atomic mass is 32.1. The van der Waals surface area contributed by atoms with Crippen molar-refractivity contribution < 1.29 is 15.0 Å². The quantitative estimate of drug-likeness (QED) is 0.618. The Hall–Kier alpha value is -0.900. The molecule has 2 aliphatic rings. The molecule has 0 saturated carbocycles. The molecule has 0 spiro atoms. The number of ketones is 1. The van der Waals surface area contributed by atoms with Crippen LogP contribution in [0.2, 0.25) is 0 Å². The first-order valence-electron chi connectivity index (χ1n) is 7.42. The second-order valence-electron chi connectivity index (χ2n) is 6.63. The molecule has 122 valence electrons. The zero-order valence-electron chi connectivity index (χ0n) is 12.9. The number of hydrogen-bond acceptors (Lipinski definition) is 7. The van der Waals surface area contributed by atoms with Crippen molar-refractivity contribution >= 4 is 22.3 Å². The monoisotopic (exact) mass is 327 g/mol. The van der Waals surface area contributed by atoms with Crippen LogP contribution in [0.15, 0.2) is 0 Å². The van der Waals surface area contributed by atoms with E-state index in [1.165, 1.54) is 4.90 Å². The van der Waals surface area contributed by atoms with E-state index in [1.54, 1.807) is 7.05 Å². The number of aliphatic hydroxyl groups excluding tert-OH is 2. The smallest absolute Gasteiger partial charge is 0.290 e. The van der Waals surface area contributed by atoms with Crippen molar-refractivity contribution in [2.75, 3.05) is 13.7 Å². The Bertz CT molecular complexity index is 605. The zero-order valence-corrected chi connectivity index (χ0v) is 13.7. The lowest BCUT2D eigenvalue weighted by atomic mass is 9.82. The molecule has 2 heterocycles. The fraction of sp³-hybridized carbons (Fsp3) is 0.714. The molecule has 2 N–H and O–H groups in total. The minimum atomic E-state index is -1.51. The van der Waals surface area contributed by atoms with E-state index in [0.717, 1.165) is 11.3 Å². The van der Waals surface area contributed by atoms with E-state index in [4.69, 9.17) is 0 Å². The molecule has 1 aliphatic heterocycles. The van der Waals surface area contributed by atoms with Crippen molar-refractivity contribution in [1.29, 1.82) is 0 Å². The van der Waals surface area contributed by atoms with Gasteiger partial charge in [0.15, 0.2) is 12.0 Å². The number of rotatable bonds is 2. The standard InChI is InChI=1S/C14H21N3O4S/c1-7(2)8-4-9-11(10(18)5-8)22-14(15-9)17(21)6-16(3)12(19)13(17)20/h7-8,12-13,19-20H,4-6H2,1-3H3. The molecule has 7 nitrogen and oxygen atoms in total. The Balaban J connectivity index is 1.96. The summed E-state index contributed by atoms with van der Waals surface area (Å²) in [6, 6.07) is 0. The number of hydroxylamine groups is 2. The third kappa shape index (κ3) is 2.31. The summed E-state index contributed by atoms with van der Waals surface area (Å²) < 4.78 is -1.12. The van der Waals surface area contributed by atoms with Gasteiger partial charge in [0.25, 0.3) is 5.13 Å². The summed E-state index contributed by atoms with van der Waals surface area (Å²) in [5.41, 5.74) is 0.666. The van der Waals surface area contributed by atoms with E-state index in [2.05, 4.69) is 18.8 Å². The molecular formula is C14H21N3O4S. The fourth-order valence-electron chi connectivity index (χ4n) is 3.10. The van der Waals surface area contributed by atoms with Crippen LogP contribution in [0, 0.1) is 17.0 Å². The van der Waals surface area contributed by atoms with Crippen molar-refractivity contribution in [3.8, 4) is 0 Å². The van der Waals surface area contributed by atoms with Gasteiger partial charge >= 0.3 is 0 Å². The number of Topliss-reactive ketones (excluding diaryl/α,β-unsaturated/α-hetero) is 1. The Labute approximate surface area is 133 Å². The van der Waals surface area contributed by atoms with Crippen LogP contribution in [0.3, 0.4) is 0 Å². The molecule has 0 radical (unpaired) electrons. The highest BCUT2D eigenvalue weighted by molar-refractivity contribution is 7.17. The van der Waals surface area contributed by atoms with E-state index in [0.29, 0.717) is 29.3 Å². The number of carbonyl (C=O) groups is 1. The van der Waals surface area contributed by atoms with Crippen LogP contribution in [-0.4, -0.2) is 52.1 Å². The third-order valence-electron chi connectivity index (χ3n) is 4.69. The molecule has 4 unspecified atom stereocenters. The highest BCUT2D eigenvalue weighted by Gasteiger charge is 2.49. The summed E-state index contributed by atoms with van der Waals surface area (Å²) in [6.07, 6.45) is -1.56. The normalized spacial score (nSPS) is 36.1. The Morgan fingerprint density at radius 3 is 2.64 bits per heavy atom. The van der Waals surface area contributed by atoms with Crippen molar-refractivity contribution in [1.82, 2.24) is 14.5 Å². The van der Waals surface area contributed by atoms with Gasteiger partial charge in [0.05, 0.1) is 10.6 Å². The molecule has 1 aromatic rings. The van der Waals surface area contributed by atoms with Gasteiger partial charge in [-0.2, -0.15) is 4.98 Å². The Morgan fingerprint density at radius 2 is 2.09 bits per heavy atom. The van der Waals surface area contributed by atoms with Crippen LogP contribution >= 0.6 is 11.3 Å². The molecule has 3 rings (SSSR count). The largest absolute Gasteiger partial charge is 0.623 e. The molecule has 22 heavy (non-hydrogen) atoms. The number of likely N-dealkylation sites (N-methyl/N-ethyl adjacent to an activating group) is 1. The van der Waals surface area contributed by atoms with Gasteiger partial charge in [-0.3, -0.25) is 9.44 Å². The van der Waals surface area contributed by atoms with Crippen LogP contribution < -0.4 is 4.65 Å². The maximum atomic E-state index is 12.9. The van der Waals surface area contributed by atoms with Gasteiger partial charge in [-0.05, 0) is 25.3 Å². The predicted octanol–water partition coefficient (Wildman–Crippen LogP) is 0.889. The van der Waals surface area contributed by atoms with E-state index >= 15 is 0 Å². The number of thiazole rings is 1. The van der Waals surface area contributed by atoms with Crippen molar-refractivity contribution in [3.05, 3.63) is 15.8 Å². The summed E-state index contributed by atoms with van der Waals surface area (Å²) in [4.78, 5) is 18.6. The van der Waals surface area contributed by atoms with Crippen LogP contribution in [0.1, 0.15) is 35.6 Å². The second kappa shape index (κ2) is 5.33. The van der Waals surface area contributed by atoms with Gasteiger partial charge < -0.3 is 15.4 Å². The maximum Gasteiger partial charge on any atom is 0.290 e. The van der Waals surface area contributed by atoms with Gasteiger partial charge in [0, 0.05) is 6.42 Å². The number of nitrogens with zero attached hydrogens (tertiary/aromatic N) is 3. The Kier molecular flexibility index (Phi) is 3.87. The van der Waals surface area contributed by atoms with E-state index < -0.39 is 17.1 Å². The van der Waals surface area contributed by atoms with Crippen molar-refractivity contribution in [2.24, 2.45) is 11.8 Å². The number of quaternary nitrogens is 1. The molecule has 0 amide bonds. The second-order valence-corrected chi connectivity index (χ2v) is 7.61. The van der Waals surface area contributed by atoms with Crippen molar-refractivity contribution in [2.45, 2.75) is 39.1 Å². The summed E-state index contributed by atoms with van der Waals surface area (Å²) >= 11 is 1.06. The van der Waals surface area contributed by atoms with Gasteiger partial charge in [-0.25, -0.2) is 4.90 Å². The molecule has 1 aliphatic carbocycles. The first-order valence-corrected chi connectivity index (χ1v) is 8.24. The lowest BCUT2D eigenvalue weighted by Gasteiger charge is -2.36. The fourth-order valence-corrected chi connectivity index (χ4v) is 4.20. The number of carbonyl (C=O) groups excluding carboxylic acids is 1. The van der Waals surface area contributed by atoms with Gasteiger partial charge in [0.2, 0.25) is 6.23 Å². The first kappa shape index (κ1) is 16.0. The highest BCUT2D eigenvalue weighted by Crippen LogP contribution is 2.41. The average molecular weight is 327 g/mol. The Morgan fingerprint density at radius 1 is 1.41 bits per heavy atom. The molecule has 1 fully saturated rings. The van der Waals surface area contributed by atoms with Gasteiger partial charge in [-0.1, -0.05) is 25.2 Å². The van der Waals surface area contributed by atoms with E-state index in [9.17, 15) is 20.2 Å². The number of fused-ring (bicyclic) bond motifs is 1. The van der Waals surface area contributed by atoms with Crippen molar-refractivity contribution in [3.63, 3.8) is 0 Å². The van der Waals surface area contributed by atoms with Crippen LogP contribution in [-0.2, 0) is 6.42 Å². The molecule has 1 saturated heterocycles. The van der Waals surface area contributed by atoms with Gasteiger partial charge in [-0.15, -0.1) is 0 Å². The number of aromatic nitrogens is 1. The summed E-state index contributed by atoms with van der Waals surface area (Å²) in [6.45, 7) is 4.07. The lowest BCUT2D eigenvalue weighted by Crippen LogP contribution is -2.50. The third-order valence-corrected chi connectivity index (χ3v) is 5.94. The maximum absolute atomic E-state index is 12.9. The topological polar surface area (TPSA) is 96.7 Å². The molecule has 8 heteroatoms. The van der Waals surface area contributed by atoms with Gasteiger partial charge in [0.1, 0.15) is 6.67 Å². The van der Waals surface area contributed by atoms with Crippen LogP contribution in [0.5, 0.6) is 0 Å². The van der Waals surface area contributed by atoms with E-state index in [1.807, 2.05) is 0 Å². The van der Waals surface area contributed by atoms with Crippen LogP contribution in [0.4, 0.5) is 5.13 Å². The van der Waals surface area contributed by atoms with E-state index in [-0.39, 0.29) is 23.5 Å². The molecular weight excluding hydrogens is 306 g/mol. The first-order chi connectivity index (χ1) is 10.2. The minimum Gasteiger partial charge on any atom is -0.623 e. The number of hydrogen-bond donors (Lipinski definition) is 2.